The van der Waals surface area contributed by atoms with E-state index >= 15 is 0 Å². The lowest BCUT2D eigenvalue weighted by molar-refractivity contribution is -0.383. The van der Waals surface area contributed by atoms with Gasteiger partial charge in [0.25, 0.3) is 5.69 Å². The minimum Gasteiger partial charge on any atom is -0.308 e. The molecule has 0 atom stereocenters. The number of hydrogen-bond donors (Lipinski definition) is 2. The number of anilines is 1. The third-order valence-electron chi connectivity index (χ3n) is 2.90. The Labute approximate surface area is 108 Å². The number of pyridine rings is 1. The number of non-ortho nitro benzene ring substituents is 1. The lowest BCUT2D eigenvalue weighted by atomic mass is 10.0. The van der Waals surface area contributed by atoms with Crippen LogP contribution in [0.3, 0.4) is 0 Å². The fourth-order valence-electron chi connectivity index (χ4n) is 1.94. The van der Waals surface area contributed by atoms with E-state index in [-0.39, 0.29) is 22.5 Å². The molecule has 0 saturated carbocycles. The summed E-state index contributed by atoms with van der Waals surface area (Å²) in [4.78, 5) is 14.5. The predicted molar refractivity (Wildman–Crippen MR) is 70.3 cm³/mol. The molecule has 0 radical (unpaired) electrons. The summed E-state index contributed by atoms with van der Waals surface area (Å²) >= 11 is 0. The molecule has 2 rings (SSSR count). The van der Waals surface area contributed by atoms with Gasteiger partial charge in [0.1, 0.15) is 17.2 Å². The third kappa shape index (κ3) is 2.19. The van der Waals surface area contributed by atoms with Crippen molar-refractivity contribution in [2.45, 2.75) is 19.8 Å². The van der Waals surface area contributed by atoms with Crippen LogP contribution in [0, 0.1) is 15.9 Å². The maximum Gasteiger partial charge on any atom is 0.278 e. The summed E-state index contributed by atoms with van der Waals surface area (Å²) in [6.07, 6.45) is 0. The van der Waals surface area contributed by atoms with Crippen LogP contribution < -0.4 is 11.3 Å². The number of nitrogen functional groups attached to an aromatic ring is 1. The molecule has 1 aromatic heterocycles. The highest BCUT2D eigenvalue weighted by Crippen LogP contribution is 2.32. The zero-order valence-electron chi connectivity index (χ0n) is 10.5. The summed E-state index contributed by atoms with van der Waals surface area (Å²) in [7, 11) is 0. The second kappa shape index (κ2) is 4.77. The molecule has 0 unspecified atom stereocenters. The number of fused-ring (bicyclic) bond motifs is 1. The number of benzene rings is 1. The molecular formula is C12H13FN4O2. The van der Waals surface area contributed by atoms with Gasteiger partial charge in [0.2, 0.25) is 0 Å². The Morgan fingerprint density at radius 2 is 2.16 bits per heavy atom. The maximum atomic E-state index is 13.7. The zero-order chi connectivity index (χ0) is 14.2. The van der Waals surface area contributed by atoms with Crippen molar-refractivity contribution >= 4 is 22.4 Å². The molecule has 0 spiro atoms. The van der Waals surface area contributed by atoms with Gasteiger partial charge >= 0.3 is 0 Å². The van der Waals surface area contributed by atoms with Gasteiger partial charge in [0, 0.05) is 6.07 Å². The molecule has 6 nitrogen and oxygen atoms in total. The lowest BCUT2D eigenvalue weighted by Gasteiger charge is -2.13. The van der Waals surface area contributed by atoms with Crippen LogP contribution in [0.15, 0.2) is 18.2 Å². The topological polar surface area (TPSA) is 94.1 Å². The normalized spacial score (nSPS) is 11.0. The first-order valence-electron chi connectivity index (χ1n) is 5.70. The number of nitrogens with zero attached hydrogens (tertiary/aromatic N) is 2. The highest BCUT2D eigenvalue weighted by Gasteiger charge is 2.19. The summed E-state index contributed by atoms with van der Waals surface area (Å²) in [6.45, 7) is 3.80. The molecule has 2 aromatic rings. The number of nitrogens with two attached hydrogens (primary N) is 1. The van der Waals surface area contributed by atoms with E-state index in [4.69, 9.17) is 5.84 Å². The largest absolute Gasteiger partial charge is 0.308 e. The van der Waals surface area contributed by atoms with E-state index in [2.05, 4.69) is 10.4 Å². The number of halogens is 1. The first-order chi connectivity index (χ1) is 8.95. The van der Waals surface area contributed by atoms with Crippen molar-refractivity contribution < 1.29 is 9.31 Å². The number of hydrogen-bond acceptors (Lipinski definition) is 5. The molecule has 100 valence electrons. The first-order valence-corrected chi connectivity index (χ1v) is 5.70. The van der Waals surface area contributed by atoms with Crippen molar-refractivity contribution in [3.8, 4) is 0 Å². The highest BCUT2D eigenvalue weighted by molar-refractivity contribution is 5.90. The number of aromatic nitrogens is 1. The van der Waals surface area contributed by atoms with Crippen molar-refractivity contribution in [2.24, 2.45) is 5.84 Å². The summed E-state index contributed by atoms with van der Waals surface area (Å²) < 4.78 is 13.7. The van der Waals surface area contributed by atoms with E-state index in [9.17, 15) is 14.5 Å². The van der Waals surface area contributed by atoms with E-state index < -0.39 is 10.7 Å². The van der Waals surface area contributed by atoms with Gasteiger partial charge in [-0.25, -0.2) is 15.2 Å². The predicted octanol–water partition coefficient (Wildman–Crippen LogP) is 2.69. The Bertz CT molecular complexity index is 658. The average Bonchev–Trinajstić information content (AvgIpc) is 2.37. The van der Waals surface area contributed by atoms with Crippen LogP contribution in [0.4, 0.5) is 15.9 Å². The smallest absolute Gasteiger partial charge is 0.278 e. The molecule has 7 heteroatoms. The van der Waals surface area contributed by atoms with Gasteiger partial charge in [-0.2, -0.15) is 0 Å². The van der Waals surface area contributed by atoms with E-state index in [1.807, 2.05) is 13.8 Å². The van der Waals surface area contributed by atoms with Gasteiger partial charge in [-0.3, -0.25) is 10.1 Å². The molecule has 3 N–H and O–H groups in total. The van der Waals surface area contributed by atoms with Crippen molar-refractivity contribution in [1.29, 1.82) is 0 Å². The number of nitrogens with one attached hydrogen (secondary N) is 1. The van der Waals surface area contributed by atoms with E-state index in [0.717, 1.165) is 12.1 Å². The minimum atomic E-state index is -0.618. The summed E-state index contributed by atoms with van der Waals surface area (Å²) in [5.41, 5.74) is 2.86. The minimum absolute atomic E-state index is 0.0471. The first kappa shape index (κ1) is 13.2. The van der Waals surface area contributed by atoms with Gasteiger partial charge in [-0.05, 0) is 23.6 Å². The van der Waals surface area contributed by atoms with Crippen LogP contribution in [0.25, 0.3) is 10.9 Å². The standard InChI is InChI=1S/C12H13FN4O2/c1-6(2)7-5-8-10(17(18)19)4-3-9(13)11(8)15-12(7)16-14/h3-6H,14H2,1-2H3,(H,15,16). The number of hydrazine groups is 1. The van der Waals surface area contributed by atoms with Crippen molar-refractivity contribution in [3.05, 3.63) is 39.7 Å². The summed E-state index contributed by atoms with van der Waals surface area (Å²) in [6, 6.07) is 3.73. The molecule has 1 aromatic carbocycles. The molecule has 19 heavy (non-hydrogen) atoms. The Morgan fingerprint density at radius 1 is 1.47 bits per heavy atom. The highest BCUT2D eigenvalue weighted by atomic mass is 19.1. The second-order valence-electron chi connectivity index (χ2n) is 4.45. The van der Waals surface area contributed by atoms with Crippen LogP contribution in [-0.4, -0.2) is 9.91 Å². The van der Waals surface area contributed by atoms with Crippen molar-refractivity contribution in [3.63, 3.8) is 0 Å². The van der Waals surface area contributed by atoms with Gasteiger partial charge in [-0.15, -0.1) is 0 Å². The van der Waals surface area contributed by atoms with Gasteiger partial charge in [0.05, 0.1) is 10.3 Å². The lowest BCUT2D eigenvalue weighted by Crippen LogP contribution is -2.12. The van der Waals surface area contributed by atoms with Crippen LogP contribution in [0.1, 0.15) is 25.3 Å². The molecule has 0 aliphatic rings. The van der Waals surface area contributed by atoms with E-state index in [1.165, 1.54) is 0 Å². The van der Waals surface area contributed by atoms with E-state index in [1.54, 1.807) is 6.07 Å². The van der Waals surface area contributed by atoms with Gasteiger partial charge in [0.15, 0.2) is 0 Å². The molecule has 0 aliphatic carbocycles. The fourth-order valence-corrected chi connectivity index (χ4v) is 1.94. The quantitative estimate of drug-likeness (QED) is 0.505. The van der Waals surface area contributed by atoms with E-state index in [0.29, 0.717) is 11.4 Å². The summed E-state index contributed by atoms with van der Waals surface area (Å²) in [5, 5.41) is 11.2. The van der Waals surface area contributed by atoms with Crippen LogP contribution in [0.5, 0.6) is 0 Å². The Kier molecular flexibility index (Phi) is 3.30. The number of rotatable bonds is 3. The molecule has 0 bridgehead atoms. The van der Waals surface area contributed by atoms with Gasteiger partial charge in [-0.1, -0.05) is 13.8 Å². The van der Waals surface area contributed by atoms with Crippen molar-refractivity contribution in [2.75, 3.05) is 5.43 Å². The molecule has 0 aliphatic heterocycles. The maximum absolute atomic E-state index is 13.7. The number of nitro benzene ring substituents is 1. The van der Waals surface area contributed by atoms with Crippen molar-refractivity contribution in [1.82, 2.24) is 4.98 Å². The molecule has 0 fully saturated rings. The molecule has 1 heterocycles. The van der Waals surface area contributed by atoms with Crippen LogP contribution >= 0.6 is 0 Å². The third-order valence-corrected chi connectivity index (χ3v) is 2.90. The second-order valence-corrected chi connectivity index (χ2v) is 4.45. The SMILES string of the molecule is CC(C)c1cc2c([N+](=O)[O-])ccc(F)c2nc1NN. The van der Waals surface area contributed by atoms with Gasteiger partial charge < -0.3 is 5.43 Å². The van der Waals surface area contributed by atoms with Crippen LogP contribution in [0.2, 0.25) is 0 Å². The Hall–Kier alpha value is -2.28. The fraction of sp³-hybridized carbons (Fsp3) is 0.250. The Balaban J connectivity index is 2.87. The number of nitro groups is 1. The summed E-state index contributed by atoms with van der Waals surface area (Å²) in [5.74, 6) is 5.11. The zero-order valence-corrected chi connectivity index (χ0v) is 10.5. The Morgan fingerprint density at radius 3 is 2.68 bits per heavy atom. The average molecular weight is 264 g/mol. The molecule has 0 saturated heterocycles. The van der Waals surface area contributed by atoms with Crippen LogP contribution in [-0.2, 0) is 0 Å². The molecule has 0 amide bonds. The molecular weight excluding hydrogens is 251 g/mol. The monoisotopic (exact) mass is 264 g/mol.